The van der Waals surface area contributed by atoms with Crippen molar-refractivity contribution >= 4 is 33.7 Å². The van der Waals surface area contributed by atoms with Crippen LogP contribution in [-0.4, -0.2) is 58.0 Å². The summed E-state index contributed by atoms with van der Waals surface area (Å²) in [5.74, 6) is 1.73. The van der Waals surface area contributed by atoms with E-state index in [-0.39, 0.29) is 24.9 Å². The fourth-order valence-electron chi connectivity index (χ4n) is 5.11. The third kappa shape index (κ3) is 5.84. The molecule has 3 aliphatic rings. The number of hydrogen-bond acceptors (Lipinski definition) is 5. The number of halogens is 1. The first-order valence-electron chi connectivity index (χ1n) is 11.6. The van der Waals surface area contributed by atoms with E-state index in [1.807, 2.05) is 0 Å². The Morgan fingerprint density at radius 2 is 1.88 bits per heavy atom. The van der Waals surface area contributed by atoms with Gasteiger partial charge < -0.3 is 15.4 Å². The maximum atomic E-state index is 12.6. The molecule has 186 valence electrons. The number of urea groups is 1. The fourth-order valence-corrected chi connectivity index (χ4v) is 6.41. The van der Waals surface area contributed by atoms with Crippen molar-refractivity contribution in [1.82, 2.24) is 19.7 Å². The van der Waals surface area contributed by atoms with Gasteiger partial charge in [-0.3, -0.25) is 4.79 Å². The molecule has 1 aromatic rings. The maximum Gasteiger partial charge on any atom is 0.329 e. The molecule has 9 nitrogen and oxygen atoms in total. The molecule has 1 heterocycles. The molecule has 2 bridgehead atoms. The minimum atomic E-state index is -3.91. The average Bonchev–Trinajstić information content (AvgIpc) is 3.45. The molecular formula is C23H31ClN4O5S. The molecule has 1 saturated heterocycles. The second-order valence-corrected chi connectivity index (χ2v) is 11.4. The molecule has 4 rings (SSSR count). The number of ether oxygens (including phenoxy) is 1. The van der Waals surface area contributed by atoms with Crippen LogP contribution in [0.4, 0.5) is 4.79 Å². The van der Waals surface area contributed by atoms with Gasteiger partial charge in [0.25, 0.3) is 5.91 Å². The van der Waals surface area contributed by atoms with Gasteiger partial charge >= 0.3 is 16.2 Å². The minimum Gasteiger partial charge on any atom is -0.496 e. The molecular weight excluding hydrogens is 480 g/mol. The van der Waals surface area contributed by atoms with Gasteiger partial charge in [-0.2, -0.15) is 12.7 Å². The summed E-state index contributed by atoms with van der Waals surface area (Å²) in [4.78, 5) is 24.8. The number of rotatable bonds is 8. The monoisotopic (exact) mass is 510 g/mol. The van der Waals surface area contributed by atoms with Crippen molar-refractivity contribution in [2.75, 3.05) is 33.3 Å². The molecule has 2 aliphatic carbocycles. The van der Waals surface area contributed by atoms with E-state index in [2.05, 4.69) is 27.5 Å². The Labute approximate surface area is 205 Å². The van der Waals surface area contributed by atoms with Crippen LogP contribution < -0.4 is 20.1 Å². The number of piperidine rings is 1. The van der Waals surface area contributed by atoms with Gasteiger partial charge in [0.15, 0.2) is 0 Å². The lowest BCUT2D eigenvalue weighted by atomic mass is 9.94. The summed E-state index contributed by atoms with van der Waals surface area (Å²) in [6.45, 7) is 1.45. The lowest BCUT2D eigenvalue weighted by Crippen LogP contribution is -2.51. The first-order chi connectivity index (χ1) is 16.2. The number of methoxy groups -OCH3 is 1. The summed E-state index contributed by atoms with van der Waals surface area (Å²) in [5.41, 5.74) is 0.353. The smallest absolute Gasteiger partial charge is 0.329 e. The van der Waals surface area contributed by atoms with Gasteiger partial charge in [0.1, 0.15) is 5.75 Å². The fraction of sp³-hybridized carbons (Fsp3) is 0.565. The van der Waals surface area contributed by atoms with E-state index < -0.39 is 16.2 Å². The van der Waals surface area contributed by atoms with Crippen molar-refractivity contribution in [2.45, 2.75) is 25.7 Å². The van der Waals surface area contributed by atoms with Crippen molar-refractivity contribution in [3.05, 3.63) is 40.9 Å². The second-order valence-electron chi connectivity index (χ2n) is 9.25. The summed E-state index contributed by atoms with van der Waals surface area (Å²) in [5, 5.41) is 6.04. The molecule has 0 spiro atoms. The van der Waals surface area contributed by atoms with Crippen LogP contribution in [-0.2, 0) is 10.2 Å². The standard InChI is InChI=1S/C23H31ClN4O5S/c1-33-21-5-4-19(24)12-20(21)22(29)25-13-15-6-8-28(9-7-15)34(31,32)27-23(30)26-14-18-11-16-2-3-17(18)10-16/h2-5,12,15-18H,6-11,13-14H2,1H3,(H,25,29)(H2,26,27,30)/t16-,17-,18+/m1/s1. The Bertz CT molecular complexity index is 1060. The number of carbonyl (C=O) groups excluding carboxylic acids is 2. The van der Waals surface area contributed by atoms with Gasteiger partial charge in [-0.1, -0.05) is 23.8 Å². The topological polar surface area (TPSA) is 117 Å². The van der Waals surface area contributed by atoms with Crippen LogP contribution in [0.1, 0.15) is 36.0 Å². The number of benzene rings is 1. The van der Waals surface area contributed by atoms with Crippen LogP contribution in [0.2, 0.25) is 5.02 Å². The van der Waals surface area contributed by atoms with Gasteiger partial charge in [-0.25, -0.2) is 9.52 Å². The zero-order chi connectivity index (χ0) is 24.3. The summed E-state index contributed by atoms with van der Waals surface area (Å²) in [6, 6.07) is 4.16. The zero-order valence-electron chi connectivity index (χ0n) is 19.1. The van der Waals surface area contributed by atoms with Gasteiger partial charge in [0.05, 0.1) is 12.7 Å². The molecule has 3 N–H and O–H groups in total. The van der Waals surface area contributed by atoms with E-state index in [0.29, 0.717) is 60.0 Å². The van der Waals surface area contributed by atoms with Crippen molar-refractivity contribution in [3.63, 3.8) is 0 Å². The molecule has 1 saturated carbocycles. The quantitative estimate of drug-likeness (QED) is 0.465. The van der Waals surface area contributed by atoms with Gasteiger partial charge in [-0.15, -0.1) is 0 Å². The highest BCUT2D eigenvalue weighted by molar-refractivity contribution is 7.87. The lowest BCUT2D eigenvalue weighted by molar-refractivity contribution is 0.0938. The maximum absolute atomic E-state index is 12.6. The Morgan fingerprint density at radius 1 is 1.12 bits per heavy atom. The van der Waals surface area contributed by atoms with Crippen LogP contribution in [0, 0.1) is 23.7 Å². The van der Waals surface area contributed by atoms with Crippen molar-refractivity contribution < 1.29 is 22.7 Å². The summed E-state index contributed by atoms with van der Waals surface area (Å²) < 4.78 is 33.9. The molecule has 3 atom stereocenters. The number of hydrogen-bond donors (Lipinski definition) is 3. The molecule has 1 aliphatic heterocycles. The molecule has 11 heteroatoms. The van der Waals surface area contributed by atoms with E-state index in [1.165, 1.54) is 11.4 Å². The minimum absolute atomic E-state index is 0.125. The summed E-state index contributed by atoms with van der Waals surface area (Å²) in [7, 11) is -2.42. The molecule has 2 fully saturated rings. The van der Waals surface area contributed by atoms with Gasteiger partial charge in [0.2, 0.25) is 0 Å². The van der Waals surface area contributed by atoms with Gasteiger partial charge in [0, 0.05) is 31.2 Å². The lowest BCUT2D eigenvalue weighted by Gasteiger charge is -2.31. The summed E-state index contributed by atoms with van der Waals surface area (Å²) >= 11 is 5.99. The third-order valence-electron chi connectivity index (χ3n) is 7.03. The molecule has 0 aromatic heterocycles. The van der Waals surface area contributed by atoms with Crippen molar-refractivity contribution in [2.24, 2.45) is 23.7 Å². The second kappa shape index (κ2) is 10.5. The summed E-state index contributed by atoms with van der Waals surface area (Å²) in [6.07, 6.45) is 7.76. The van der Waals surface area contributed by atoms with E-state index in [4.69, 9.17) is 16.3 Å². The molecule has 3 amide bonds. The Morgan fingerprint density at radius 3 is 2.53 bits per heavy atom. The number of fused-ring (bicyclic) bond motifs is 2. The first kappa shape index (κ1) is 24.8. The van der Waals surface area contributed by atoms with Crippen LogP contribution in [0.5, 0.6) is 5.75 Å². The normalized spacial score (nSPS) is 24.7. The van der Waals surface area contributed by atoms with Crippen molar-refractivity contribution in [3.8, 4) is 5.75 Å². The van der Waals surface area contributed by atoms with E-state index >= 15 is 0 Å². The number of allylic oxidation sites excluding steroid dienone is 2. The Balaban J connectivity index is 1.20. The highest BCUT2D eigenvalue weighted by Crippen LogP contribution is 2.42. The van der Waals surface area contributed by atoms with Crippen LogP contribution >= 0.6 is 11.6 Å². The molecule has 1 aromatic carbocycles. The van der Waals surface area contributed by atoms with E-state index in [1.54, 1.807) is 18.2 Å². The molecule has 0 unspecified atom stereocenters. The van der Waals surface area contributed by atoms with Crippen LogP contribution in [0.25, 0.3) is 0 Å². The molecule has 0 radical (unpaired) electrons. The molecule has 34 heavy (non-hydrogen) atoms. The Kier molecular flexibility index (Phi) is 7.69. The number of nitrogens with one attached hydrogen (secondary N) is 3. The van der Waals surface area contributed by atoms with E-state index in [9.17, 15) is 18.0 Å². The van der Waals surface area contributed by atoms with E-state index in [0.717, 1.165) is 12.8 Å². The number of nitrogens with zero attached hydrogens (tertiary/aromatic N) is 1. The van der Waals surface area contributed by atoms with Crippen molar-refractivity contribution in [1.29, 1.82) is 0 Å². The number of amides is 3. The predicted octanol–water partition coefficient (Wildman–Crippen LogP) is 2.55. The highest BCUT2D eigenvalue weighted by Gasteiger charge is 2.36. The largest absolute Gasteiger partial charge is 0.496 e. The average molecular weight is 511 g/mol. The highest BCUT2D eigenvalue weighted by atomic mass is 35.5. The Hall–Kier alpha value is -2.30. The van der Waals surface area contributed by atoms with Crippen LogP contribution in [0.15, 0.2) is 30.4 Å². The SMILES string of the molecule is COc1ccc(Cl)cc1C(=O)NCC1CCN(S(=O)(=O)NC(=O)NC[C@@H]2C[C@@H]3C=C[C@@H]2C3)CC1. The first-order valence-corrected chi connectivity index (χ1v) is 13.4. The third-order valence-corrected chi connectivity index (χ3v) is 8.76. The van der Waals surface area contributed by atoms with Crippen LogP contribution in [0.3, 0.4) is 0 Å². The predicted molar refractivity (Wildman–Crippen MR) is 129 cm³/mol. The number of carbonyl (C=O) groups is 2. The van der Waals surface area contributed by atoms with Gasteiger partial charge in [-0.05, 0) is 67.6 Å². The zero-order valence-corrected chi connectivity index (χ0v) is 20.7.